The third-order valence-electron chi connectivity index (χ3n) is 5.94. The molecule has 166 valence electrons. The van der Waals surface area contributed by atoms with E-state index in [0.717, 1.165) is 37.3 Å². The van der Waals surface area contributed by atoms with Gasteiger partial charge in [-0.2, -0.15) is 0 Å². The van der Waals surface area contributed by atoms with Crippen LogP contribution < -0.4 is 10.4 Å². The number of aromatic carboxylic acids is 1. The lowest BCUT2D eigenvalue weighted by molar-refractivity contribution is -0.254. The number of hydrogen-bond acceptors (Lipinski definition) is 7. The Morgan fingerprint density at radius 1 is 1.19 bits per heavy atom. The summed E-state index contributed by atoms with van der Waals surface area (Å²) >= 11 is 1.04. The van der Waals surface area contributed by atoms with Crippen LogP contribution in [0.25, 0.3) is 0 Å². The predicted molar refractivity (Wildman–Crippen MR) is 109 cm³/mol. The number of thiophene rings is 1. The van der Waals surface area contributed by atoms with Crippen molar-refractivity contribution in [1.29, 1.82) is 0 Å². The van der Waals surface area contributed by atoms with Crippen LogP contribution in [0.2, 0.25) is 0 Å². The van der Waals surface area contributed by atoms with Crippen LogP contribution in [0, 0.1) is 5.92 Å². The summed E-state index contributed by atoms with van der Waals surface area (Å²) in [5.41, 5.74) is 0.219. The number of halogens is 2. The summed E-state index contributed by atoms with van der Waals surface area (Å²) in [4.78, 5) is 27.1. The van der Waals surface area contributed by atoms with Gasteiger partial charge in [-0.3, -0.25) is 10.2 Å². The average molecular weight is 449 g/mol. The molecule has 1 N–H and O–H groups in total. The number of nitrogens with one attached hydrogen (secondary N) is 1. The number of carboxylic acid groups (broad SMARTS) is 1. The van der Waals surface area contributed by atoms with E-state index in [1.807, 2.05) is 0 Å². The molecule has 0 amide bonds. The normalized spacial score (nSPS) is 23.6. The molecule has 31 heavy (non-hydrogen) atoms. The zero-order valence-corrected chi connectivity index (χ0v) is 17.6. The molecular weight excluding hydrogens is 426 g/mol. The van der Waals surface area contributed by atoms with Gasteiger partial charge >= 0.3 is 5.97 Å². The highest BCUT2D eigenvalue weighted by Gasteiger charge is 2.38. The van der Waals surface area contributed by atoms with Crippen LogP contribution in [0.4, 0.5) is 8.78 Å². The highest BCUT2D eigenvalue weighted by atomic mass is 32.1. The maximum absolute atomic E-state index is 13.2. The van der Waals surface area contributed by atoms with Crippen molar-refractivity contribution in [2.75, 3.05) is 19.6 Å². The number of carbonyl (C=O) groups is 2. The fourth-order valence-corrected chi connectivity index (χ4v) is 5.05. The van der Waals surface area contributed by atoms with Gasteiger partial charge in [0.2, 0.25) is 0 Å². The summed E-state index contributed by atoms with van der Waals surface area (Å²) in [6, 6.07) is 7.86. The minimum atomic E-state index is -2.65. The van der Waals surface area contributed by atoms with Crippen molar-refractivity contribution in [3.63, 3.8) is 0 Å². The van der Waals surface area contributed by atoms with Crippen LogP contribution >= 0.6 is 11.3 Å². The second-order valence-electron chi connectivity index (χ2n) is 7.95. The molecule has 0 saturated carbocycles. The molecule has 1 unspecified atom stereocenters. The van der Waals surface area contributed by atoms with Crippen molar-refractivity contribution in [2.45, 2.75) is 38.0 Å². The molecule has 1 aromatic carbocycles. The van der Waals surface area contributed by atoms with Gasteiger partial charge in [0.25, 0.3) is 6.43 Å². The Hall–Kier alpha value is -2.36. The first-order valence-corrected chi connectivity index (χ1v) is 11.1. The van der Waals surface area contributed by atoms with Crippen LogP contribution in [-0.2, 0) is 16.1 Å². The van der Waals surface area contributed by atoms with Crippen molar-refractivity contribution in [3.8, 4) is 0 Å². The highest BCUT2D eigenvalue weighted by molar-refractivity contribution is 7.13. The average Bonchev–Trinajstić information content (AvgIpc) is 3.24. The minimum absolute atomic E-state index is 0.0860. The van der Waals surface area contributed by atoms with Crippen LogP contribution in [-0.4, -0.2) is 42.6 Å². The van der Waals surface area contributed by atoms with Gasteiger partial charge in [0, 0.05) is 23.5 Å². The number of nitrogens with zero attached hydrogens (tertiary/aromatic N) is 1. The summed E-state index contributed by atoms with van der Waals surface area (Å²) < 4.78 is 32.3. The van der Waals surface area contributed by atoms with Crippen LogP contribution in [0.15, 0.2) is 36.4 Å². The van der Waals surface area contributed by atoms with Crippen molar-refractivity contribution < 1.29 is 28.2 Å². The number of rotatable bonds is 8. The lowest BCUT2D eigenvalue weighted by Crippen LogP contribution is -2.52. The Bertz CT molecular complexity index is 943. The molecule has 3 fully saturated rings. The fraction of sp³-hybridized carbons (Fsp3) is 0.455. The number of benzene rings is 1. The van der Waals surface area contributed by atoms with E-state index >= 15 is 0 Å². The van der Waals surface area contributed by atoms with Gasteiger partial charge < -0.3 is 14.6 Å². The number of esters is 1. The number of ether oxygens (including phenoxy) is 1. The van der Waals surface area contributed by atoms with E-state index in [4.69, 9.17) is 4.74 Å². The molecule has 2 bridgehead atoms. The van der Waals surface area contributed by atoms with E-state index in [2.05, 4.69) is 10.2 Å². The standard InChI is InChI=1S/C22H24F2N2O4S/c23-20(24)15-3-1-2-14(10-15)19(25-11-16-4-5-18(31-16)21(27)28)22(29)30-17-12-26-8-6-13(17)7-9-26/h1-5,10,13,17,19-20,25H,6-9,11-12H2,(H,27,28)/p-1/t17-,19?/m0/s1. The summed E-state index contributed by atoms with van der Waals surface area (Å²) in [7, 11) is 0. The van der Waals surface area contributed by atoms with Gasteiger partial charge in [-0.05, 0) is 55.6 Å². The molecule has 3 saturated heterocycles. The fourth-order valence-electron chi connectivity index (χ4n) is 4.26. The lowest BCUT2D eigenvalue weighted by Gasteiger charge is -2.44. The first-order valence-electron chi connectivity index (χ1n) is 10.2. The van der Waals surface area contributed by atoms with Crippen LogP contribution in [0.3, 0.4) is 0 Å². The molecule has 2 atom stereocenters. The summed E-state index contributed by atoms with van der Waals surface area (Å²) in [6.07, 6.45) is -0.888. The van der Waals surface area contributed by atoms with E-state index in [0.29, 0.717) is 22.9 Å². The Balaban J connectivity index is 1.52. The van der Waals surface area contributed by atoms with Crippen LogP contribution in [0.1, 0.15) is 51.0 Å². The van der Waals surface area contributed by atoms with Gasteiger partial charge in [-0.1, -0.05) is 18.2 Å². The molecule has 6 nitrogen and oxygen atoms in total. The van der Waals surface area contributed by atoms with E-state index < -0.39 is 24.4 Å². The Morgan fingerprint density at radius 2 is 1.94 bits per heavy atom. The molecule has 3 aliphatic heterocycles. The van der Waals surface area contributed by atoms with E-state index in [1.54, 1.807) is 12.1 Å². The molecule has 0 radical (unpaired) electrons. The van der Waals surface area contributed by atoms with Crippen molar-refractivity contribution in [3.05, 3.63) is 57.3 Å². The third-order valence-corrected chi connectivity index (χ3v) is 7.00. The predicted octanol–water partition coefficient (Wildman–Crippen LogP) is 2.52. The number of fused-ring (bicyclic) bond motifs is 3. The second kappa shape index (κ2) is 9.42. The largest absolute Gasteiger partial charge is 0.544 e. The number of piperidine rings is 3. The van der Waals surface area contributed by atoms with E-state index in [-0.39, 0.29) is 23.1 Å². The first-order chi connectivity index (χ1) is 14.9. The van der Waals surface area contributed by atoms with Gasteiger partial charge in [0.05, 0.1) is 10.8 Å². The third kappa shape index (κ3) is 5.11. The van der Waals surface area contributed by atoms with E-state index in [1.165, 1.54) is 24.3 Å². The number of hydrogen-bond donors (Lipinski definition) is 1. The SMILES string of the molecule is O=C([O-])c1ccc(CNC(C(=O)O[C@H]2CN3CCC2CC3)c2cccc(C(F)F)c2)s1. The Labute approximate surface area is 182 Å². The summed E-state index contributed by atoms with van der Waals surface area (Å²) in [5.74, 6) is -1.45. The molecule has 4 heterocycles. The highest BCUT2D eigenvalue weighted by Crippen LogP contribution is 2.31. The van der Waals surface area contributed by atoms with Crippen molar-refractivity contribution >= 4 is 23.3 Å². The summed E-state index contributed by atoms with van der Waals surface area (Å²) in [6.45, 7) is 2.91. The van der Waals surface area contributed by atoms with Crippen molar-refractivity contribution in [1.82, 2.24) is 10.2 Å². The van der Waals surface area contributed by atoms with Gasteiger partial charge in [0.15, 0.2) is 0 Å². The Morgan fingerprint density at radius 3 is 2.55 bits per heavy atom. The first kappa shape index (κ1) is 21.9. The Kier molecular flexibility index (Phi) is 6.64. The number of alkyl halides is 2. The number of carbonyl (C=O) groups excluding carboxylic acids is 2. The molecule has 0 aliphatic carbocycles. The molecule has 9 heteroatoms. The molecule has 3 aliphatic rings. The molecule has 5 rings (SSSR count). The topological polar surface area (TPSA) is 81.7 Å². The zero-order chi connectivity index (χ0) is 22.0. The van der Waals surface area contributed by atoms with Gasteiger partial charge in [0.1, 0.15) is 12.1 Å². The maximum Gasteiger partial charge on any atom is 0.328 e. The smallest absolute Gasteiger partial charge is 0.328 e. The van der Waals surface area contributed by atoms with Gasteiger partial charge in [-0.25, -0.2) is 13.6 Å². The maximum atomic E-state index is 13.2. The molecule has 2 aromatic rings. The number of carboxylic acids is 1. The molecular formula is C22H23F2N2O4S-. The minimum Gasteiger partial charge on any atom is -0.544 e. The quantitative estimate of drug-likeness (QED) is 0.624. The zero-order valence-electron chi connectivity index (χ0n) is 16.8. The molecule has 1 aromatic heterocycles. The molecule has 0 spiro atoms. The van der Waals surface area contributed by atoms with E-state index in [9.17, 15) is 23.5 Å². The monoisotopic (exact) mass is 449 g/mol. The van der Waals surface area contributed by atoms with Crippen LogP contribution in [0.5, 0.6) is 0 Å². The van der Waals surface area contributed by atoms with Gasteiger partial charge in [-0.15, -0.1) is 11.3 Å². The van der Waals surface area contributed by atoms with Crippen molar-refractivity contribution in [2.24, 2.45) is 5.92 Å². The lowest BCUT2D eigenvalue weighted by atomic mass is 9.86. The summed E-state index contributed by atoms with van der Waals surface area (Å²) in [5, 5.41) is 14.1. The second-order valence-corrected chi connectivity index (χ2v) is 9.12.